The van der Waals surface area contributed by atoms with E-state index in [0.717, 1.165) is 22.8 Å². The number of carbonyl (C=O) groups excluding carboxylic acids is 1. The van der Waals surface area contributed by atoms with Crippen LogP contribution in [0.1, 0.15) is 19.8 Å². The molecule has 1 aromatic rings. The highest BCUT2D eigenvalue weighted by atomic mass is 32.2. The fraction of sp³-hybridized carbons (Fsp3) is 0.600. The summed E-state index contributed by atoms with van der Waals surface area (Å²) in [7, 11) is -0.669. The second-order valence-corrected chi connectivity index (χ2v) is 7.81. The first kappa shape index (κ1) is 19.3. The van der Waals surface area contributed by atoms with Gasteiger partial charge in [0.1, 0.15) is 5.82 Å². The molecule has 0 unspecified atom stereocenters. The van der Waals surface area contributed by atoms with Crippen LogP contribution in [0.15, 0.2) is 18.3 Å². The van der Waals surface area contributed by atoms with E-state index in [0.29, 0.717) is 19.7 Å². The first-order valence-electron chi connectivity index (χ1n) is 8.16. The smallest absolute Gasteiger partial charge is 0.409 e. The molecule has 1 saturated heterocycles. The van der Waals surface area contributed by atoms with Gasteiger partial charge in [0.2, 0.25) is 0 Å². The molecule has 140 valence electrons. The number of ether oxygens (including phenoxy) is 1. The highest BCUT2D eigenvalue weighted by Gasteiger charge is 2.23. The lowest BCUT2D eigenvalue weighted by molar-refractivity contribution is 0.0983. The van der Waals surface area contributed by atoms with Crippen molar-refractivity contribution in [1.29, 1.82) is 0 Å². The fourth-order valence-corrected chi connectivity index (χ4v) is 2.99. The van der Waals surface area contributed by atoms with Gasteiger partial charge in [-0.2, -0.15) is 12.7 Å². The average molecular weight is 371 g/mol. The van der Waals surface area contributed by atoms with Crippen LogP contribution in [0.5, 0.6) is 0 Å². The number of aromatic nitrogens is 1. The van der Waals surface area contributed by atoms with Crippen molar-refractivity contribution in [2.75, 3.05) is 43.8 Å². The molecule has 10 heteroatoms. The third-order valence-electron chi connectivity index (χ3n) is 3.87. The van der Waals surface area contributed by atoms with Gasteiger partial charge in [-0.15, -0.1) is 0 Å². The molecule has 0 aromatic carbocycles. The van der Waals surface area contributed by atoms with Crippen LogP contribution in [0.3, 0.4) is 0 Å². The summed E-state index contributed by atoms with van der Waals surface area (Å²) < 4.78 is 32.0. The van der Waals surface area contributed by atoms with Crippen LogP contribution >= 0.6 is 0 Å². The second-order valence-electron chi connectivity index (χ2n) is 5.93. The van der Waals surface area contributed by atoms with Crippen LogP contribution < -0.4 is 10.0 Å². The van der Waals surface area contributed by atoms with Crippen molar-refractivity contribution >= 4 is 27.8 Å². The Morgan fingerprint density at radius 2 is 2.04 bits per heavy atom. The number of amides is 1. The SMILES string of the molecule is CCOC(=O)N1CCC(Nc2ccc(NS(=O)(=O)N(C)C)nc2)CC1. The number of carbonyl (C=O) groups is 1. The van der Waals surface area contributed by atoms with Gasteiger partial charge in [-0.1, -0.05) is 0 Å². The van der Waals surface area contributed by atoms with Gasteiger partial charge in [-0.3, -0.25) is 4.72 Å². The molecule has 1 amide bonds. The minimum Gasteiger partial charge on any atom is -0.450 e. The van der Waals surface area contributed by atoms with Gasteiger partial charge >= 0.3 is 16.3 Å². The van der Waals surface area contributed by atoms with Crippen molar-refractivity contribution in [3.63, 3.8) is 0 Å². The van der Waals surface area contributed by atoms with Gasteiger partial charge < -0.3 is 15.0 Å². The molecule has 0 saturated carbocycles. The van der Waals surface area contributed by atoms with Gasteiger partial charge in [-0.25, -0.2) is 9.78 Å². The van der Waals surface area contributed by atoms with Crippen LogP contribution in [0.2, 0.25) is 0 Å². The Kier molecular flexibility index (Phi) is 6.43. The predicted octanol–water partition coefficient (Wildman–Crippen LogP) is 1.33. The second kappa shape index (κ2) is 8.34. The minimum atomic E-state index is -3.56. The lowest BCUT2D eigenvalue weighted by atomic mass is 10.1. The molecule has 1 aliphatic heterocycles. The molecular formula is C15H25N5O4S. The Morgan fingerprint density at radius 3 is 2.56 bits per heavy atom. The van der Waals surface area contributed by atoms with E-state index in [9.17, 15) is 13.2 Å². The summed E-state index contributed by atoms with van der Waals surface area (Å²) in [5, 5.41) is 3.36. The number of rotatable bonds is 6. The number of likely N-dealkylation sites (tertiary alicyclic amines) is 1. The van der Waals surface area contributed by atoms with E-state index in [-0.39, 0.29) is 18.0 Å². The predicted molar refractivity (Wildman–Crippen MR) is 95.7 cm³/mol. The Hall–Kier alpha value is -2.07. The molecule has 2 N–H and O–H groups in total. The summed E-state index contributed by atoms with van der Waals surface area (Å²) in [5.41, 5.74) is 0.808. The van der Waals surface area contributed by atoms with Crippen LogP contribution in [-0.2, 0) is 14.9 Å². The van der Waals surface area contributed by atoms with E-state index in [4.69, 9.17) is 4.74 Å². The van der Waals surface area contributed by atoms with Crippen LogP contribution in [0, 0.1) is 0 Å². The molecule has 1 aliphatic rings. The zero-order chi connectivity index (χ0) is 18.4. The molecule has 0 bridgehead atoms. The Balaban J connectivity index is 1.85. The first-order chi connectivity index (χ1) is 11.8. The number of pyridine rings is 1. The van der Waals surface area contributed by atoms with Crippen molar-refractivity contribution in [2.24, 2.45) is 0 Å². The average Bonchev–Trinajstić information content (AvgIpc) is 2.57. The van der Waals surface area contributed by atoms with Gasteiger partial charge in [0.15, 0.2) is 0 Å². The minimum absolute atomic E-state index is 0.233. The molecular weight excluding hydrogens is 346 g/mol. The van der Waals surface area contributed by atoms with Crippen molar-refractivity contribution in [3.8, 4) is 0 Å². The Bertz CT molecular complexity index is 670. The maximum Gasteiger partial charge on any atom is 0.409 e. The number of anilines is 2. The third-order valence-corrected chi connectivity index (χ3v) is 5.30. The molecule has 25 heavy (non-hydrogen) atoms. The van der Waals surface area contributed by atoms with Crippen LogP contribution in [-0.4, -0.2) is 68.5 Å². The van der Waals surface area contributed by atoms with E-state index in [1.54, 1.807) is 30.2 Å². The van der Waals surface area contributed by atoms with E-state index in [1.165, 1.54) is 14.1 Å². The van der Waals surface area contributed by atoms with Crippen molar-refractivity contribution in [2.45, 2.75) is 25.8 Å². The maximum atomic E-state index is 11.8. The summed E-state index contributed by atoms with van der Waals surface area (Å²) >= 11 is 0. The summed E-state index contributed by atoms with van der Waals surface area (Å²) in [6.45, 7) is 3.46. The zero-order valence-corrected chi connectivity index (χ0v) is 15.5. The summed E-state index contributed by atoms with van der Waals surface area (Å²) in [4.78, 5) is 17.5. The van der Waals surface area contributed by atoms with Gasteiger partial charge in [0.25, 0.3) is 0 Å². The normalized spacial score (nSPS) is 15.9. The molecule has 1 fully saturated rings. The summed E-state index contributed by atoms with van der Waals surface area (Å²) in [6.07, 6.45) is 2.95. The first-order valence-corrected chi connectivity index (χ1v) is 9.60. The number of piperidine rings is 1. The lowest BCUT2D eigenvalue weighted by Crippen LogP contribution is -2.42. The standard InChI is InChI=1S/C15H25N5O4S/c1-4-24-15(21)20-9-7-12(8-10-20)17-13-5-6-14(16-11-13)18-25(22,23)19(2)3/h5-6,11-12,17H,4,7-10H2,1-3H3,(H,16,18). The van der Waals surface area contributed by atoms with Crippen molar-refractivity contribution in [3.05, 3.63) is 18.3 Å². The van der Waals surface area contributed by atoms with E-state index < -0.39 is 10.2 Å². The van der Waals surface area contributed by atoms with Gasteiger partial charge in [0, 0.05) is 33.2 Å². The Labute approximate surface area is 148 Å². The molecule has 0 aliphatic carbocycles. The fourth-order valence-electron chi connectivity index (χ4n) is 2.42. The quantitative estimate of drug-likeness (QED) is 0.782. The summed E-state index contributed by atoms with van der Waals surface area (Å²) in [6, 6.07) is 3.62. The topological polar surface area (TPSA) is 104 Å². The van der Waals surface area contributed by atoms with E-state index in [1.807, 2.05) is 0 Å². The highest BCUT2D eigenvalue weighted by molar-refractivity contribution is 7.90. The molecule has 2 rings (SSSR count). The van der Waals surface area contributed by atoms with Gasteiger partial charge in [-0.05, 0) is 31.9 Å². The lowest BCUT2D eigenvalue weighted by Gasteiger charge is -2.32. The van der Waals surface area contributed by atoms with Crippen molar-refractivity contribution < 1.29 is 17.9 Å². The summed E-state index contributed by atoms with van der Waals surface area (Å²) in [5.74, 6) is 0.261. The van der Waals surface area contributed by atoms with Crippen molar-refractivity contribution in [1.82, 2.24) is 14.2 Å². The number of nitrogens with zero attached hydrogens (tertiary/aromatic N) is 3. The van der Waals surface area contributed by atoms with E-state index >= 15 is 0 Å². The molecule has 9 nitrogen and oxygen atoms in total. The number of hydrogen-bond donors (Lipinski definition) is 2. The number of nitrogens with one attached hydrogen (secondary N) is 2. The molecule has 1 aromatic heterocycles. The van der Waals surface area contributed by atoms with E-state index in [2.05, 4.69) is 15.0 Å². The molecule has 0 atom stereocenters. The molecule has 0 spiro atoms. The third kappa shape index (κ3) is 5.46. The maximum absolute atomic E-state index is 11.8. The highest BCUT2D eigenvalue weighted by Crippen LogP contribution is 2.18. The Morgan fingerprint density at radius 1 is 1.36 bits per heavy atom. The van der Waals surface area contributed by atoms with Gasteiger partial charge in [0.05, 0.1) is 18.5 Å². The van der Waals surface area contributed by atoms with Crippen LogP contribution in [0.4, 0.5) is 16.3 Å². The van der Waals surface area contributed by atoms with Crippen LogP contribution in [0.25, 0.3) is 0 Å². The molecule has 2 heterocycles. The largest absolute Gasteiger partial charge is 0.450 e. The zero-order valence-electron chi connectivity index (χ0n) is 14.7. The number of hydrogen-bond acceptors (Lipinski definition) is 6. The monoisotopic (exact) mass is 371 g/mol. The molecule has 0 radical (unpaired) electrons.